The van der Waals surface area contributed by atoms with E-state index in [1.807, 2.05) is 42.5 Å². The summed E-state index contributed by atoms with van der Waals surface area (Å²) in [6.07, 6.45) is 1.67. The van der Waals surface area contributed by atoms with Gasteiger partial charge in [0.25, 0.3) is 0 Å². The lowest BCUT2D eigenvalue weighted by Gasteiger charge is -2.08. The van der Waals surface area contributed by atoms with Crippen LogP contribution in [0.3, 0.4) is 0 Å². The summed E-state index contributed by atoms with van der Waals surface area (Å²) >= 11 is 0. The summed E-state index contributed by atoms with van der Waals surface area (Å²) in [7, 11) is 0. The molecule has 0 amide bonds. The van der Waals surface area contributed by atoms with Gasteiger partial charge in [0, 0.05) is 25.3 Å². The van der Waals surface area contributed by atoms with Crippen LogP contribution in [0.5, 0.6) is 5.75 Å². The smallest absolute Gasteiger partial charge is 0.119 e. The van der Waals surface area contributed by atoms with Crippen molar-refractivity contribution in [3.05, 3.63) is 60.2 Å². The molecule has 20 heavy (non-hydrogen) atoms. The van der Waals surface area contributed by atoms with Gasteiger partial charge in [0.1, 0.15) is 5.75 Å². The van der Waals surface area contributed by atoms with Gasteiger partial charge in [-0.05, 0) is 36.2 Å². The second-order valence-corrected chi connectivity index (χ2v) is 4.61. The minimum atomic E-state index is 0.216. The molecule has 0 fully saturated rings. The average Bonchev–Trinajstić information content (AvgIpc) is 2.50. The van der Waals surface area contributed by atoms with Crippen LogP contribution in [0, 0.1) is 0 Å². The third-order valence-electron chi connectivity index (χ3n) is 3.02. The van der Waals surface area contributed by atoms with Crippen LogP contribution in [-0.4, -0.2) is 24.9 Å². The maximum atomic E-state index is 8.72. The van der Waals surface area contributed by atoms with Crippen LogP contribution in [0.15, 0.2) is 54.6 Å². The van der Waals surface area contributed by atoms with E-state index >= 15 is 0 Å². The summed E-state index contributed by atoms with van der Waals surface area (Å²) in [5.74, 6) is 0.883. The Hall–Kier alpha value is -2.00. The molecule has 0 saturated carbocycles. The fourth-order valence-electron chi connectivity index (χ4n) is 1.91. The SMILES string of the molecule is OCCCNc1ccc(OCCc2ccccc2)cc1. The van der Waals surface area contributed by atoms with Gasteiger partial charge in [-0.1, -0.05) is 30.3 Å². The topological polar surface area (TPSA) is 41.5 Å². The molecule has 2 aromatic carbocycles. The number of hydrogen-bond donors (Lipinski definition) is 2. The van der Waals surface area contributed by atoms with Crippen LogP contribution < -0.4 is 10.1 Å². The van der Waals surface area contributed by atoms with E-state index in [2.05, 4.69) is 17.4 Å². The molecule has 0 aliphatic rings. The lowest BCUT2D eigenvalue weighted by molar-refractivity contribution is 0.292. The van der Waals surface area contributed by atoms with Gasteiger partial charge in [0.05, 0.1) is 6.61 Å². The third kappa shape index (κ3) is 4.94. The van der Waals surface area contributed by atoms with Crippen molar-refractivity contribution in [3.8, 4) is 5.75 Å². The van der Waals surface area contributed by atoms with Crippen molar-refractivity contribution in [3.63, 3.8) is 0 Å². The van der Waals surface area contributed by atoms with E-state index < -0.39 is 0 Å². The maximum absolute atomic E-state index is 8.72. The summed E-state index contributed by atoms with van der Waals surface area (Å²) in [5.41, 5.74) is 2.34. The van der Waals surface area contributed by atoms with Crippen molar-refractivity contribution in [1.82, 2.24) is 0 Å². The second kappa shape index (κ2) is 8.23. The van der Waals surface area contributed by atoms with Gasteiger partial charge in [0.15, 0.2) is 0 Å². The Bertz CT molecular complexity index is 482. The standard InChI is InChI=1S/C17H21NO2/c19-13-4-12-18-16-7-9-17(10-8-16)20-14-11-15-5-2-1-3-6-15/h1-3,5-10,18-19H,4,11-14H2. The van der Waals surface area contributed by atoms with Gasteiger partial charge >= 0.3 is 0 Å². The molecular formula is C17H21NO2. The fraction of sp³-hybridized carbons (Fsp3) is 0.294. The maximum Gasteiger partial charge on any atom is 0.119 e. The zero-order valence-corrected chi connectivity index (χ0v) is 11.6. The van der Waals surface area contributed by atoms with Crippen LogP contribution in [0.1, 0.15) is 12.0 Å². The van der Waals surface area contributed by atoms with Crippen molar-refractivity contribution >= 4 is 5.69 Å². The van der Waals surface area contributed by atoms with E-state index in [1.54, 1.807) is 0 Å². The molecule has 0 unspecified atom stereocenters. The molecular weight excluding hydrogens is 250 g/mol. The van der Waals surface area contributed by atoms with Crippen molar-refractivity contribution in [1.29, 1.82) is 0 Å². The molecule has 0 aliphatic carbocycles. The third-order valence-corrected chi connectivity index (χ3v) is 3.02. The largest absolute Gasteiger partial charge is 0.493 e. The summed E-state index contributed by atoms with van der Waals surface area (Å²) < 4.78 is 5.72. The number of nitrogens with one attached hydrogen (secondary N) is 1. The van der Waals surface area contributed by atoms with E-state index in [1.165, 1.54) is 5.56 Å². The molecule has 0 spiro atoms. The van der Waals surface area contributed by atoms with Crippen molar-refractivity contribution < 1.29 is 9.84 Å². The Labute approximate surface area is 120 Å². The minimum Gasteiger partial charge on any atom is -0.493 e. The highest BCUT2D eigenvalue weighted by Gasteiger charge is 1.96. The first kappa shape index (κ1) is 14.4. The summed E-state index contributed by atoms with van der Waals surface area (Å²) in [6, 6.07) is 18.2. The lowest BCUT2D eigenvalue weighted by atomic mass is 10.2. The molecule has 0 radical (unpaired) electrons. The molecule has 0 aromatic heterocycles. The van der Waals surface area contributed by atoms with Crippen LogP contribution in [0.25, 0.3) is 0 Å². The molecule has 2 aromatic rings. The Morgan fingerprint density at radius 1 is 0.950 bits per heavy atom. The molecule has 0 bridgehead atoms. The molecule has 3 heteroatoms. The number of aliphatic hydroxyl groups is 1. The van der Waals surface area contributed by atoms with Crippen LogP contribution >= 0.6 is 0 Å². The van der Waals surface area contributed by atoms with Gasteiger partial charge < -0.3 is 15.2 Å². The van der Waals surface area contributed by atoms with Crippen LogP contribution in [0.4, 0.5) is 5.69 Å². The first-order chi connectivity index (χ1) is 9.88. The van der Waals surface area contributed by atoms with Crippen molar-refractivity contribution in [2.75, 3.05) is 25.1 Å². The second-order valence-electron chi connectivity index (χ2n) is 4.61. The molecule has 0 aliphatic heterocycles. The van der Waals surface area contributed by atoms with E-state index in [9.17, 15) is 0 Å². The molecule has 3 nitrogen and oxygen atoms in total. The highest BCUT2D eigenvalue weighted by molar-refractivity contribution is 5.46. The van der Waals surface area contributed by atoms with Gasteiger partial charge in [-0.25, -0.2) is 0 Å². The van der Waals surface area contributed by atoms with Crippen molar-refractivity contribution in [2.24, 2.45) is 0 Å². The normalized spacial score (nSPS) is 10.2. The lowest BCUT2D eigenvalue weighted by Crippen LogP contribution is -2.04. The molecule has 106 valence electrons. The van der Waals surface area contributed by atoms with E-state index in [4.69, 9.17) is 9.84 Å². The number of anilines is 1. The Morgan fingerprint density at radius 3 is 2.40 bits per heavy atom. The summed E-state index contributed by atoms with van der Waals surface area (Å²) in [6.45, 7) is 1.68. The summed E-state index contributed by atoms with van der Waals surface area (Å²) in [4.78, 5) is 0. The molecule has 0 heterocycles. The van der Waals surface area contributed by atoms with E-state index in [0.29, 0.717) is 6.61 Å². The van der Waals surface area contributed by atoms with E-state index in [0.717, 1.165) is 30.8 Å². The van der Waals surface area contributed by atoms with Gasteiger partial charge in [0.2, 0.25) is 0 Å². The van der Waals surface area contributed by atoms with Gasteiger partial charge in [-0.2, -0.15) is 0 Å². The molecule has 2 N–H and O–H groups in total. The Kier molecular flexibility index (Phi) is 5.93. The first-order valence-electron chi connectivity index (χ1n) is 7.00. The Morgan fingerprint density at radius 2 is 1.70 bits per heavy atom. The number of ether oxygens (including phenoxy) is 1. The molecule has 0 saturated heterocycles. The molecule has 2 rings (SSSR count). The van der Waals surface area contributed by atoms with Crippen molar-refractivity contribution in [2.45, 2.75) is 12.8 Å². The van der Waals surface area contributed by atoms with Gasteiger partial charge in [-0.15, -0.1) is 0 Å². The predicted molar refractivity (Wildman–Crippen MR) is 82.3 cm³/mol. The average molecular weight is 271 g/mol. The number of hydrogen-bond acceptors (Lipinski definition) is 3. The van der Waals surface area contributed by atoms with Gasteiger partial charge in [-0.3, -0.25) is 0 Å². The Balaban J connectivity index is 1.73. The highest BCUT2D eigenvalue weighted by Crippen LogP contribution is 2.16. The monoisotopic (exact) mass is 271 g/mol. The number of benzene rings is 2. The van der Waals surface area contributed by atoms with Crippen LogP contribution in [-0.2, 0) is 6.42 Å². The zero-order chi connectivity index (χ0) is 14.0. The first-order valence-corrected chi connectivity index (χ1v) is 7.00. The fourth-order valence-corrected chi connectivity index (χ4v) is 1.91. The predicted octanol–water partition coefficient (Wildman–Crippen LogP) is 3.10. The van der Waals surface area contributed by atoms with E-state index in [-0.39, 0.29) is 6.61 Å². The minimum absolute atomic E-state index is 0.216. The highest BCUT2D eigenvalue weighted by atomic mass is 16.5. The molecule has 0 atom stereocenters. The van der Waals surface area contributed by atoms with Crippen LogP contribution in [0.2, 0.25) is 0 Å². The number of rotatable bonds is 8. The zero-order valence-electron chi connectivity index (χ0n) is 11.6. The number of aliphatic hydroxyl groups excluding tert-OH is 1. The summed E-state index contributed by atoms with van der Waals surface area (Å²) in [5, 5.41) is 12.0. The quantitative estimate of drug-likeness (QED) is 0.725.